The first-order valence-corrected chi connectivity index (χ1v) is 10.7. The van der Waals surface area contributed by atoms with Crippen LogP contribution in [0.15, 0.2) is 36.7 Å². The maximum atomic E-state index is 13.7. The van der Waals surface area contributed by atoms with Gasteiger partial charge in [0.2, 0.25) is 5.91 Å². The Labute approximate surface area is 186 Å². The van der Waals surface area contributed by atoms with Crippen LogP contribution >= 0.6 is 0 Å². The van der Waals surface area contributed by atoms with Gasteiger partial charge in [-0.3, -0.25) is 4.79 Å². The topological polar surface area (TPSA) is 85.2 Å². The number of carbonyl (C=O) groups excluding carboxylic acids is 1. The quantitative estimate of drug-likeness (QED) is 0.610. The van der Waals surface area contributed by atoms with Gasteiger partial charge in [-0.15, -0.1) is 0 Å². The lowest BCUT2D eigenvalue weighted by atomic mass is 10.1. The third-order valence-corrected chi connectivity index (χ3v) is 5.67. The van der Waals surface area contributed by atoms with Crippen LogP contribution < -0.4 is 10.2 Å². The number of carbonyl (C=O) groups is 1. The molecule has 1 aliphatic heterocycles. The molecule has 9 heteroatoms. The fourth-order valence-electron chi connectivity index (χ4n) is 3.84. The number of halogens is 1. The van der Waals surface area contributed by atoms with E-state index in [9.17, 15) is 9.18 Å². The molecule has 0 atom stereocenters. The van der Waals surface area contributed by atoms with Gasteiger partial charge in [0.1, 0.15) is 18.0 Å². The van der Waals surface area contributed by atoms with Crippen LogP contribution in [0.25, 0.3) is 5.82 Å². The predicted molar refractivity (Wildman–Crippen MR) is 118 cm³/mol. The summed E-state index contributed by atoms with van der Waals surface area (Å²) >= 11 is 0. The van der Waals surface area contributed by atoms with Crippen molar-refractivity contribution in [2.45, 2.75) is 33.2 Å². The second-order valence-corrected chi connectivity index (χ2v) is 7.76. The highest BCUT2D eigenvalue weighted by Crippen LogP contribution is 2.21. The summed E-state index contributed by atoms with van der Waals surface area (Å²) in [7, 11) is 0. The molecule has 3 heterocycles. The Balaban J connectivity index is 1.42. The number of amides is 1. The van der Waals surface area contributed by atoms with E-state index >= 15 is 0 Å². The van der Waals surface area contributed by atoms with Gasteiger partial charge in [0.25, 0.3) is 0 Å². The van der Waals surface area contributed by atoms with Crippen molar-refractivity contribution in [3.8, 4) is 5.82 Å². The van der Waals surface area contributed by atoms with Crippen molar-refractivity contribution in [1.29, 1.82) is 0 Å². The Morgan fingerprint density at radius 2 is 1.91 bits per heavy atom. The number of benzene rings is 1. The molecule has 1 N–H and O–H groups in total. The number of rotatable bonds is 7. The Kier molecular flexibility index (Phi) is 6.75. The second-order valence-electron chi connectivity index (χ2n) is 7.76. The molecule has 0 spiro atoms. The lowest BCUT2D eigenvalue weighted by molar-refractivity contribution is -0.121. The second kappa shape index (κ2) is 9.86. The van der Waals surface area contributed by atoms with E-state index in [2.05, 4.69) is 25.3 Å². The average molecular weight is 439 g/mol. The molecule has 0 saturated carbocycles. The first-order chi connectivity index (χ1) is 15.5. The van der Waals surface area contributed by atoms with Gasteiger partial charge in [-0.05, 0) is 31.9 Å². The van der Waals surface area contributed by atoms with E-state index in [-0.39, 0.29) is 18.3 Å². The number of morpholine rings is 1. The Hall–Kier alpha value is -3.33. The Morgan fingerprint density at radius 1 is 1.16 bits per heavy atom. The van der Waals surface area contributed by atoms with Gasteiger partial charge in [-0.2, -0.15) is 5.10 Å². The van der Waals surface area contributed by atoms with Crippen molar-refractivity contribution < 1.29 is 13.9 Å². The monoisotopic (exact) mass is 438 g/mol. The van der Waals surface area contributed by atoms with Crippen LogP contribution in [0.1, 0.15) is 28.9 Å². The van der Waals surface area contributed by atoms with Gasteiger partial charge in [-0.1, -0.05) is 18.2 Å². The molecule has 0 unspecified atom stereocenters. The summed E-state index contributed by atoms with van der Waals surface area (Å²) < 4.78 is 20.9. The fourth-order valence-corrected chi connectivity index (χ4v) is 3.84. The van der Waals surface area contributed by atoms with Crippen LogP contribution in [0.5, 0.6) is 0 Å². The van der Waals surface area contributed by atoms with Crippen molar-refractivity contribution in [2.75, 3.05) is 31.2 Å². The lowest BCUT2D eigenvalue weighted by Crippen LogP contribution is -2.36. The number of aryl methyl sites for hydroxylation is 1. The zero-order valence-electron chi connectivity index (χ0n) is 18.3. The normalized spacial score (nSPS) is 13.9. The van der Waals surface area contributed by atoms with Crippen LogP contribution in [-0.4, -0.2) is 52.0 Å². The summed E-state index contributed by atoms with van der Waals surface area (Å²) in [6.07, 6.45) is 2.39. The first kappa shape index (κ1) is 21.9. The molecule has 8 nitrogen and oxygen atoms in total. The number of hydrogen-bond donors (Lipinski definition) is 1. The highest BCUT2D eigenvalue weighted by Gasteiger charge is 2.18. The third kappa shape index (κ3) is 4.94. The zero-order chi connectivity index (χ0) is 22.5. The van der Waals surface area contributed by atoms with E-state index in [1.165, 1.54) is 6.07 Å². The van der Waals surface area contributed by atoms with Crippen LogP contribution in [-0.2, 0) is 22.5 Å². The van der Waals surface area contributed by atoms with Crippen molar-refractivity contribution in [3.63, 3.8) is 0 Å². The minimum atomic E-state index is -0.318. The van der Waals surface area contributed by atoms with Crippen LogP contribution in [0, 0.1) is 19.7 Å². The molecular formula is C23H27FN6O2. The van der Waals surface area contributed by atoms with E-state index in [0.29, 0.717) is 37.4 Å². The number of anilines is 1. The van der Waals surface area contributed by atoms with Gasteiger partial charge in [0.15, 0.2) is 5.82 Å². The summed E-state index contributed by atoms with van der Waals surface area (Å²) in [6, 6.07) is 8.37. The Morgan fingerprint density at radius 3 is 2.69 bits per heavy atom. The fraction of sp³-hybridized carbons (Fsp3) is 0.391. The molecular weight excluding hydrogens is 411 g/mol. The molecule has 4 rings (SSSR count). The average Bonchev–Trinajstić information content (AvgIpc) is 3.11. The van der Waals surface area contributed by atoms with Crippen molar-refractivity contribution in [2.24, 2.45) is 0 Å². The largest absolute Gasteiger partial charge is 0.378 e. The van der Waals surface area contributed by atoms with Crippen molar-refractivity contribution in [1.82, 2.24) is 25.1 Å². The molecule has 1 fully saturated rings. The highest BCUT2D eigenvalue weighted by molar-refractivity contribution is 5.76. The summed E-state index contributed by atoms with van der Waals surface area (Å²) in [5, 5.41) is 7.44. The maximum Gasteiger partial charge on any atom is 0.220 e. The van der Waals surface area contributed by atoms with Crippen LogP contribution in [0.2, 0.25) is 0 Å². The molecule has 0 radical (unpaired) electrons. The highest BCUT2D eigenvalue weighted by atomic mass is 19.1. The molecule has 3 aromatic rings. The van der Waals surface area contributed by atoms with E-state index in [1.807, 2.05) is 19.9 Å². The van der Waals surface area contributed by atoms with Crippen molar-refractivity contribution in [3.05, 3.63) is 65.0 Å². The van der Waals surface area contributed by atoms with Gasteiger partial charge in [0, 0.05) is 43.4 Å². The molecule has 1 amide bonds. The van der Waals surface area contributed by atoms with Gasteiger partial charge in [-0.25, -0.2) is 19.0 Å². The molecule has 1 aromatic carbocycles. The standard InChI is InChI=1S/C23H27FN6O2/c1-16-19(7-8-23(31)25-14-18-5-3-4-6-20(18)24)17(2)30(28-16)22-13-21(26-15-27-22)29-9-11-32-12-10-29/h3-6,13,15H,7-12,14H2,1-2H3,(H,25,31). The minimum Gasteiger partial charge on any atom is -0.378 e. The van der Waals surface area contributed by atoms with Gasteiger partial charge >= 0.3 is 0 Å². The Bertz CT molecular complexity index is 1090. The number of hydrogen-bond acceptors (Lipinski definition) is 6. The SMILES string of the molecule is Cc1nn(-c2cc(N3CCOCC3)ncn2)c(C)c1CCC(=O)NCc1ccccc1F. The lowest BCUT2D eigenvalue weighted by Gasteiger charge is -2.27. The van der Waals surface area contributed by atoms with E-state index < -0.39 is 0 Å². The summed E-state index contributed by atoms with van der Waals surface area (Å²) in [4.78, 5) is 23.3. The number of ether oxygens (including phenoxy) is 1. The molecule has 2 aromatic heterocycles. The van der Waals surface area contributed by atoms with Crippen LogP contribution in [0.4, 0.5) is 10.2 Å². The molecule has 32 heavy (non-hydrogen) atoms. The molecule has 0 bridgehead atoms. The number of nitrogens with one attached hydrogen (secondary N) is 1. The summed E-state index contributed by atoms with van der Waals surface area (Å²) in [6.45, 7) is 7.03. The zero-order valence-corrected chi connectivity index (χ0v) is 18.3. The predicted octanol–water partition coefficient (Wildman–Crippen LogP) is 2.50. The molecule has 0 aliphatic carbocycles. The number of nitrogens with zero attached hydrogens (tertiary/aromatic N) is 5. The number of aromatic nitrogens is 4. The van der Waals surface area contributed by atoms with E-state index in [4.69, 9.17) is 4.74 Å². The minimum absolute atomic E-state index is 0.128. The van der Waals surface area contributed by atoms with E-state index in [1.54, 1.807) is 29.2 Å². The third-order valence-electron chi connectivity index (χ3n) is 5.67. The first-order valence-electron chi connectivity index (χ1n) is 10.7. The van der Waals surface area contributed by atoms with Gasteiger partial charge in [0.05, 0.1) is 18.9 Å². The summed E-state index contributed by atoms with van der Waals surface area (Å²) in [5.74, 6) is 1.09. The molecule has 168 valence electrons. The molecule has 1 saturated heterocycles. The summed E-state index contributed by atoms with van der Waals surface area (Å²) in [5.41, 5.74) is 3.28. The smallest absolute Gasteiger partial charge is 0.220 e. The van der Waals surface area contributed by atoms with Crippen LogP contribution in [0.3, 0.4) is 0 Å². The van der Waals surface area contributed by atoms with Gasteiger partial charge < -0.3 is 15.0 Å². The molecule has 1 aliphatic rings. The van der Waals surface area contributed by atoms with Crippen molar-refractivity contribution >= 4 is 11.7 Å². The maximum absolute atomic E-state index is 13.7. The van der Waals surface area contributed by atoms with E-state index in [0.717, 1.165) is 35.9 Å².